The zero-order valence-electron chi connectivity index (χ0n) is 11.6. The van der Waals surface area contributed by atoms with Gasteiger partial charge >= 0.3 is 0 Å². The number of likely N-dealkylation sites (N-methyl/N-ethyl adjacent to an activating group) is 1. The minimum atomic E-state index is -0.117. The second-order valence-corrected chi connectivity index (χ2v) is 5.32. The van der Waals surface area contributed by atoms with Crippen molar-refractivity contribution in [2.24, 2.45) is 0 Å². The van der Waals surface area contributed by atoms with Gasteiger partial charge in [0.1, 0.15) is 0 Å². The number of nitrogens with zero attached hydrogens (tertiary/aromatic N) is 3. The van der Waals surface area contributed by atoms with Crippen LogP contribution in [0.1, 0.15) is 32.6 Å². The largest absolute Gasteiger partial charge is 0.423 e. The van der Waals surface area contributed by atoms with Crippen LogP contribution >= 0.6 is 0 Å². The molecule has 0 bridgehead atoms. The summed E-state index contributed by atoms with van der Waals surface area (Å²) in [5.74, 6) is 1.27. The number of aromatic nitrogens is 2. The van der Waals surface area contributed by atoms with E-state index in [2.05, 4.69) is 10.2 Å². The Kier molecular flexibility index (Phi) is 5.71. The average molecular weight is 257 g/mol. The highest BCUT2D eigenvalue weighted by molar-refractivity contribution is 4.95. The van der Waals surface area contributed by atoms with Gasteiger partial charge in [-0.25, -0.2) is 0 Å². The van der Waals surface area contributed by atoms with E-state index >= 15 is 0 Å². The lowest BCUT2D eigenvalue weighted by Crippen LogP contribution is -2.23. The molecule has 0 saturated carbocycles. The minimum absolute atomic E-state index is 0.0579. The van der Waals surface area contributed by atoms with Gasteiger partial charge in [-0.05, 0) is 7.05 Å². The Hall–Kier alpha value is -0.980. The molecule has 0 radical (unpaired) electrons. The van der Waals surface area contributed by atoms with Crippen LogP contribution in [0.2, 0.25) is 0 Å². The first kappa shape index (κ1) is 15.1. The van der Waals surface area contributed by atoms with Crippen molar-refractivity contribution in [1.82, 2.24) is 15.1 Å². The van der Waals surface area contributed by atoms with Crippen molar-refractivity contribution in [3.63, 3.8) is 0 Å². The van der Waals surface area contributed by atoms with Crippen LogP contribution in [0.25, 0.3) is 0 Å². The van der Waals surface area contributed by atoms with Gasteiger partial charge in [0.2, 0.25) is 11.8 Å². The molecule has 0 spiro atoms. The number of hydrogen-bond donors (Lipinski definition) is 1. The minimum Gasteiger partial charge on any atom is -0.423 e. The summed E-state index contributed by atoms with van der Waals surface area (Å²) in [6.45, 7) is 8.49. The fourth-order valence-corrected chi connectivity index (χ4v) is 1.32. The van der Waals surface area contributed by atoms with Gasteiger partial charge in [0, 0.05) is 12.0 Å². The second kappa shape index (κ2) is 6.82. The molecule has 0 amide bonds. The first-order valence-electron chi connectivity index (χ1n) is 6.13. The standard InChI is InChI=1S/C12H23N3O3/c1-12(2,3)11-14-13-10(18-11)9-15(4)5-7-17-8-6-16/h16H,5-9H2,1-4H3. The van der Waals surface area contributed by atoms with Crippen molar-refractivity contribution >= 4 is 0 Å². The summed E-state index contributed by atoms with van der Waals surface area (Å²) in [5.41, 5.74) is -0.117. The van der Waals surface area contributed by atoms with E-state index in [9.17, 15) is 0 Å². The average Bonchev–Trinajstić information content (AvgIpc) is 2.72. The van der Waals surface area contributed by atoms with Gasteiger partial charge in [0.05, 0.1) is 26.4 Å². The van der Waals surface area contributed by atoms with Crippen molar-refractivity contribution in [2.75, 3.05) is 33.4 Å². The molecule has 0 aromatic carbocycles. The highest BCUT2D eigenvalue weighted by Crippen LogP contribution is 2.20. The van der Waals surface area contributed by atoms with E-state index in [1.54, 1.807) is 0 Å². The van der Waals surface area contributed by atoms with Crippen molar-refractivity contribution in [3.05, 3.63) is 11.8 Å². The Balaban J connectivity index is 2.35. The van der Waals surface area contributed by atoms with Gasteiger partial charge in [-0.1, -0.05) is 20.8 Å². The summed E-state index contributed by atoms with van der Waals surface area (Å²) >= 11 is 0. The lowest BCUT2D eigenvalue weighted by molar-refractivity contribution is 0.0757. The molecule has 1 N–H and O–H groups in total. The number of ether oxygens (including phenoxy) is 1. The molecule has 1 aromatic heterocycles. The molecule has 1 aromatic rings. The smallest absolute Gasteiger partial charge is 0.230 e. The molecule has 1 heterocycles. The van der Waals surface area contributed by atoms with Crippen LogP contribution in [0.5, 0.6) is 0 Å². The van der Waals surface area contributed by atoms with E-state index in [0.717, 1.165) is 6.54 Å². The fraction of sp³-hybridized carbons (Fsp3) is 0.833. The summed E-state index contributed by atoms with van der Waals surface area (Å²) in [4.78, 5) is 2.04. The van der Waals surface area contributed by atoms with Crippen LogP contribution in [-0.4, -0.2) is 53.6 Å². The van der Waals surface area contributed by atoms with Crippen LogP contribution in [0.4, 0.5) is 0 Å². The van der Waals surface area contributed by atoms with Gasteiger partial charge in [-0.2, -0.15) is 0 Å². The molecular weight excluding hydrogens is 234 g/mol. The summed E-state index contributed by atoms with van der Waals surface area (Å²) in [7, 11) is 1.96. The van der Waals surface area contributed by atoms with E-state index in [0.29, 0.717) is 31.5 Å². The Morgan fingerprint density at radius 2 is 2.00 bits per heavy atom. The Bertz CT molecular complexity index is 347. The normalized spacial score (nSPS) is 12.3. The topological polar surface area (TPSA) is 71.6 Å². The Labute approximate surface area is 108 Å². The van der Waals surface area contributed by atoms with Crippen molar-refractivity contribution < 1.29 is 14.3 Å². The molecule has 0 saturated heterocycles. The number of rotatable bonds is 7. The van der Waals surface area contributed by atoms with Crippen molar-refractivity contribution in [3.8, 4) is 0 Å². The van der Waals surface area contributed by atoms with E-state index in [4.69, 9.17) is 14.3 Å². The van der Waals surface area contributed by atoms with Gasteiger partial charge in [0.15, 0.2) is 0 Å². The van der Waals surface area contributed by atoms with Gasteiger partial charge in [-0.3, -0.25) is 4.90 Å². The lowest BCUT2D eigenvalue weighted by Gasteiger charge is -2.14. The first-order valence-corrected chi connectivity index (χ1v) is 6.13. The Morgan fingerprint density at radius 1 is 1.28 bits per heavy atom. The summed E-state index contributed by atoms with van der Waals surface area (Å²) in [6, 6.07) is 0. The zero-order chi connectivity index (χ0) is 13.6. The van der Waals surface area contributed by atoms with Crippen molar-refractivity contribution in [2.45, 2.75) is 32.7 Å². The van der Waals surface area contributed by atoms with Crippen LogP contribution in [-0.2, 0) is 16.7 Å². The van der Waals surface area contributed by atoms with E-state index in [1.165, 1.54) is 0 Å². The lowest BCUT2D eigenvalue weighted by atomic mass is 9.97. The number of hydrogen-bond acceptors (Lipinski definition) is 6. The van der Waals surface area contributed by atoms with Crippen LogP contribution in [0, 0.1) is 0 Å². The molecule has 104 valence electrons. The maximum absolute atomic E-state index is 8.57. The zero-order valence-corrected chi connectivity index (χ0v) is 11.6. The summed E-state index contributed by atoms with van der Waals surface area (Å²) < 4.78 is 10.8. The maximum Gasteiger partial charge on any atom is 0.230 e. The predicted molar refractivity (Wildman–Crippen MR) is 67.2 cm³/mol. The predicted octanol–water partition coefficient (Wildman–Crippen LogP) is 0.808. The highest BCUT2D eigenvalue weighted by Gasteiger charge is 2.21. The monoisotopic (exact) mass is 257 g/mol. The second-order valence-electron chi connectivity index (χ2n) is 5.32. The van der Waals surface area contributed by atoms with Gasteiger partial charge in [0.25, 0.3) is 0 Å². The highest BCUT2D eigenvalue weighted by atomic mass is 16.5. The number of aliphatic hydroxyl groups is 1. The van der Waals surface area contributed by atoms with E-state index < -0.39 is 0 Å². The third-order valence-electron chi connectivity index (χ3n) is 2.37. The van der Waals surface area contributed by atoms with Crippen molar-refractivity contribution in [1.29, 1.82) is 0 Å². The molecule has 0 fully saturated rings. The molecular formula is C12H23N3O3. The van der Waals surface area contributed by atoms with Gasteiger partial charge < -0.3 is 14.3 Å². The quantitative estimate of drug-likeness (QED) is 0.729. The molecule has 6 heteroatoms. The molecule has 0 aliphatic heterocycles. The summed E-state index contributed by atoms with van der Waals surface area (Å²) in [5, 5.41) is 16.6. The molecule has 6 nitrogen and oxygen atoms in total. The molecule has 0 aliphatic rings. The van der Waals surface area contributed by atoms with Crippen LogP contribution in [0.15, 0.2) is 4.42 Å². The van der Waals surface area contributed by atoms with Gasteiger partial charge in [-0.15, -0.1) is 10.2 Å². The number of aliphatic hydroxyl groups excluding tert-OH is 1. The molecule has 0 aliphatic carbocycles. The molecule has 0 atom stereocenters. The fourth-order valence-electron chi connectivity index (χ4n) is 1.32. The van der Waals surface area contributed by atoms with Crippen LogP contribution < -0.4 is 0 Å². The van der Waals surface area contributed by atoms with E-state index in [-0.39, 0.29) is 12.0 Å². The maximum atomic E-state index is 8.57. The van der Waals surface area contributed by atoms with Crippen LogP contribution in [0.3, 0.4) is 0 Å². The third-order valence-corrected chi connectivity index (χ3v) is 2.37. The molecule has 0 unspecified atom stereocenters. The first-order chi connectivity index (χ1) is 8.43. The third kappa shape index (κ3) is 5.12. The molecule has 18 heavy (non-hydrogen) atoms. The SMILES string of the molecule is CN(CCOCCO)Cc1nnc(C(C)(C)C)o1. The molecule has 1 rings (SSSR count). The summed E-state index contributed by atoms with van der Waals surface area (Å²) in [6.07, 6.45) is 0. The Morgan fingerprint density at radius 3 is 2.56 bits per heavy atom. The van der Waals surface area contributed by atoms with E-state index in [1.807, 2.05) is 32.7 Å².